The molecule has 0 saturated carbocycles. The molecule has 3 aliphatic heterocycles. The van der Waals surface area contributed by atoms with Crippen molar-refractivity contribution in [2.45, 2.75) is 96.2 Å². The van der Waals surface area contributed by atoms with E-state index in [0.29, 0.717) is 36.2 Å². The Hall–Kier alpha value is -3.09. The van der Waals surface area contributed by atoms with Crippen LogP contribution in [0, 0.1) is 12.4 Å². The number of fused-ring (bicyclic) bond motifs is 1. The Kier molecular flexibility index (Phi) is 6.51. The van der Waals surface area contributed by atoms with Gasteiger partial charge in [0.2, 0.25) is 5.69 Å². The predicted octanol–water partition coefficient (Wildman–Crippen LogP) is 5.91. The third-order valence-electron chi connectivity index (χ3n) is 8.38. The molecular formula is C30H36BFN2O5. The lowest BCUT2D eigenvalue weighted by molar-refractivity contribution is -0.0216. The van der Waals surface area contributed by atoms with E-state index >= 15 is 4.39 Å². The highest BCUT2D eigenvalue weighted by molar-refractivity contribution is 6.64. The van der Waals surface area contributed by atoms with E-state index in [1.807, 2.05) is 78.8 Å². The molecule has 7 nitrogen and oxygen atoms in total. The molecule has 206 valence electrons. The number of hydrogen-bond acceptors (Lipinski definition) is 5. The van der Waals surface area contributed by atoms with Crippen molar-refractivity contribution in [2.75, 3.05) is 6.54 Å². The maximum Gasteiger partial charge on any atom is 0.483 e. The zero-order chi connectivity index (χ0) is 28.4. The van der Waals surface area contributed by atoms with Crippen molar-refractivity contribution < 1.29 is 28.0 Å². The highest BCUT2D eigenvalue weighted by Crippen LogP contribution is 2.49. The van der Waals surface area contributed by atoms with E-state index in [4.69, 9.17) is 25.4 Å². The molecule has 0 unspecified atom stereocenters. The normalized spacial score (nSPS) is 25.3. The van der Waals surface area contributed by atoms with Crippen LogP contribution in [0.25, 0.3) is 4.85 Å². The van der Waals surface area contributed by atoms with Gasteiger partial charge in [-0.1, -0.05) is 30.3 Å². The van der Waals surface area contributed by atoms with Crippen molar-refractivity contribution >= 4 is 24.4 Å². The zero-order valence-corrected chi connectivity index (χ0v) is 23.8. The van der Waals surface area contributed by atoms with E-state index < -0.39 is 41.4 Å². The minimum atomic E-state index is -1.01. The Labute approximate surface area is 230 Å². The van der Waals surface area contributed by atoms with Gasteiger partial charge in [-0.15, -0.1) is 0 Å². The molecule has 1 amide bonds. The van der Waals surface area contributed by atoms with Crippen molar-refractivity contribution in [2.24, 2.45) is 0 Å². The first-order chi connectivity index (χ1) is 18.2. The van der Waals surface area contributed by atoms with Crippen molar-refractivity contribution in [1.82, 2.24) is 4.90 Å². The molecule has 3 heterocycles. The molecule has 2 aromatic rings. The van der Waals surface area contributed by atoms with Crippen LogP contribution in [0.4, 0.5) is 14.9 Å². The van der Waals surface area contributed by atoms with Gasteiger partial charge in [-0.05, 0) is 77.9 Å². The molecule has 0 aromatic heterocycles. The number of carbonyl (C=O) groups is 1. The quantitative estimate of drug-likeness (QED) is 0.362. The number of rotatable bonds is 3. The molecule has 39 heavy (non-hydrogen) atoms. The summed E-state index contributed by atoms with van der Waals surface area (Å²) in [5.74, 6) is -0.350. The van der Waals surface area contributed by atoms with Gasteiger partial charge in [0.15, 0.2) is 5.60 Å². The molecule has 0 N–H and O–H groups in total. The predicted molar refractivity (Wildman–Crippen MR) is 147 cm³/mol. The summed E-state index contributed by atoms with van der Waals surface area (Å²) >= 11 is 0. The summed E-state index contributed by atoms with van der Waals surface area (Å²) in [4.78, 5) is 18.7. The molecule has 2 atom stereocenters. The zero-order valence-electron chi connectivity index (χ0n) is 23.8. The number of nitrogens with zero attached hydrogens (tertiary/aromatic N) is 2. The number of halogens is 1. The Morgan fingerprint density at radius 1 is 1.15 bits per heavy atom. The standard InChI is InChI=1S/C30H36BFN2O5/c1-27(2,3)37-26(35)34-16-12-15-23(34)30(19-13-10-9-11-14-19)18-20-22(36-30)17-21(32)25(33-8)24(20)31-38-28(4,5)29(6,7)39-31/h9-11,13-14,17,23H,12,15-16,18H2,1-7H3/t23-,30-/m0/s1. The summed E-state index contributed by atoms with van der Waals surface area (Å²) in [6, 6.07) is 10.6. The number of likely N-dealkylation sites (tertiary alicyclic amines) is 1. The summed E-state index contributed by atoms with van der Waals surface area (Å²) in [6.45, 7) is 21.6. The van der Waals surface area contributed by atoms with E-state index in [9.17, 15) is 4.79 Å². The molecule has 2 aromatic carbocycles. The third kappa shape index (κ3) is 4.58. The summed E-state index contributed by atoms with van der Waals surface area (Å²) in [5.41, 5.74) is -1.25. The SMILES string of the molecule is [C-]#[N+]c1c(F)cc2c(c1B1OC(C)(C)C(C)(C)O1)C[C@](c1ccccc1)([C@@H]1CCCN1C(=O)OC(C)(C)C)O2. The Morgan fingerprint density at radius 3 is 2.38 bits per heavy atom. The average molecular weight is 534 g/mol. The van der Waals surface area contributed by atoms with Crippen LogP contribution in [0.15, 0.2) is 36.4 Å². The maximum absolute atomic E-state index is 15.5. The monoisotopic (exact) mass is 534 g/mol. The van der Waals surface area contributed by atoms with Gasteiger partial charge in [0.1, 0.15) is 17.2 Å². The first-order valence-electron chi connectivity index (χ1n) is 13.5. The fraction of sp³-hybridized carbons (Fsp3) is 0.533. The van der Waals surface area contributed by atoms with Crippen LogP contribution in [0.2, 0.25) is 0 Å². The molecule has 0 spiro atoms. The molecule has 0 aliphatic carbocycles. The van der Waals surface area contributed by atoms with E-state index in [1.165, 1.54) is 6.07 Å². The van der Waals surface area contributed by atoms with E-state index in [-0.39, 0.29) is 11.7 Å². The molecule has 2 saturated heterocycles. The van der Waals surface area contributed by atoms with E-state index in [1.54, 1.807) is 4.90 Å². The molecule has 2 fully saturated rings. The first-order valence-corrected chi connectivity index (χ1v) is 13.5. The topological polar surface area (TPSA) is 61.6 Å². The van der Waals surface area contributed by atoms with Crippen molar-refractivity contribution in [1.29, 1.82) is 0 Å². The van der Waals surface area contributed by atoms with Gasteiger partial charge in [-0.3, -0.25) is 0 Å². The lowest BCUT2D eigenvalue weighted by Crippen LogP contribution is -2.53. The Balaban J connectivity index is 1.64. The van der Waals surface area contributed by atoms with Gasteiger partial charge >= 0.3 is 13.2 Å². The van der Waals surface area contributed by atoms with Gasteiger partial charge in [0, 0.05) is 19.0 Å². The second kappa shape index (κ2) is 9.24. The summed E-state index contributed by atoms with van der Waals surface area (Å²) in [6.07, 6.45) is 1.38. The van der Waals surface area contributed by atoms with Crippen molar-refractivity contribution in [3.8, 4) is 5.75 Å². The van der Waals surface area contributed by atoms with Gasteiger partial charge in [-0.25, -0.2) is 14.0 Å². The van der Waals surface area contributed by atoms with Crippen LogP contribution in [0.5, 0.6) is 5.75 Å². The summed E-state index contributed by atoms with van der Waals surface area (Å²) in [7, 11) is -0.940. The molecule has 0 radical (unpaired) electrons. The highest BCUT2D eigenvalue weighted by atomic mass is 19.1. The largest absolute Gasteiger partial charge is 0.483 e. The summed E-state index contributed by atoms with van der Waals surface area (Å²) in [5, 5.41) is 0. The van der Waals surface area contributed by atoms with Crippen LogP contribution in [-0.2, 0) is 26.1 Å². The number of benzene rings is 2. The fourth-order valence-corrected chi connectivity index (χ4v) is 5.82. The lowest BCUT2D eigenvalue weighted by Gasteiger charge is -2.40. The second-order valence-corrected chi connectivity index (χ2v) is 12.7. The van der Waals surface area contributed by atoms with Crippen LogP contribution >= 0.6 is 0 Å². The first kappa shape index (κ1) is 27.5. The van der Waals surface area contributed by atoms with Gasteiger partial charge in [-0.2, -0.15) is 0 Å². The molecular weight excluding hydrogens is 498 g/mol. The minimum Gasteiger partial charge on any atom is -0.480 e. The summed E-state index contributed by atoms with van der Waals surface area (Å²) < 4.78 is 40.6. The van der Waals surface area contributed by atoms with Crippen molar-refractivity contribution in [3.05, 3.63) is 64.8 Å². The number of hydrogen-bond donors (Lipinski definition) is 0. The van der Waals surface area contributed by atoms with Gasteiger partial charge in [0.05, 0.1) is 23.8 Å². The molecule has 9 heteroatoms. The molecule has 5 rings (SSSR count). The third-order valence-corrected chi connectivity index (χ3v) is 8.38. The number of ether oxygens (including phenoxy) is 2. The van der Waals surface area contributed by atoms with Gasteiger partial charge in [0.25, 0.3) is 0 Å². The second-order valence-electron chi connectivity index (χ2n) is 12.7. The molecule has 0 bridgehead atoms. The molecule has 3 aliphatic rings. The Morgan fingerprint density at radius 2 is 1.79 bits per heavy atom. The lowest BCUT2D eigenvalue weighted by atomic mass is 9.71. The van der Waals surface area contributed by atoms with Crippen LogP contribution < -0.4 is 10.2 Å². The minimum absolute atomic E-state index is 0.130. The van der Waals surface area contributed by atoms with Crippen LogP contribution in [0.3, 0.4) is 0 Å². The van der Waals surface area contributed by atoms with Gasteiger partial charge < -0.3 is 23.7 Å². The smallest absolute Gasteiger partial charge is 0.480 e. The highest BCUT2D eigenvalue weighted by Gasteiger charge is 2.57. The van der Waals surface area contributed by atoms with Crippen LogP contribution in [0.1, 0.15) is 72.4 Å². The van der Waals surface area contributed by atoms with Crippen molar-refractivity contribution in [3.63, 3.8) is 0 Å². The maximum atomic E-state index is 15.5. The number of amides is 1. The number of carbonyl (C=O) groups excluding carboxylic acids is 1. The van der Waals surface area contributed by atoms with E-state index in [2.05, 4.69) is 4.85 Å². The Bertz CT molecular complexity index is 1320. The fourth-order valence-electron chi connectivity index (χ4n) is 5.82. The van der Waals surface area contributed by atoms with Crippen LogP contribution in [-0.4, -0.2) is 47.5 Å². The average Bonchev–Trinajstić information content (AvgIpc) is 3.52. The van der Waals surface area contributed by atoms with E-state index in [0.717, 1.165) is 12.0 Å².